The molecule has 4 atom stereocenters. The van der Waals surface area contributed by atoms with Crippen molar-refractivity contribution in [2.45, 2.75) is 24.4 Å². The Balaban J connectivity index is 0. The monoisotopic (exact) mass is 420 g/mol. The molecule has 28 heavy (non-hydrogen) atoms. The SMILES string of the molecule is OCC(O)COC(CO)COCC1CO1.OCC1CO1.OCCO.OCCO. The summed E-state index contributed by atoms with van der Waals surface area (Å²) in [6.45, 7) is 1.41. The Morgan fingerprint density at radius 1 is 0.750 bits per heavy atom. The molecule has 0 spiro atoms. The van der Waals surface area contributed by atoms with E-state index in [2.05, 4.69) is 4.74 Å². The van der Waals surface area contributed by atoms with Crippen molar-refractivity contribution in [3.63, 3.8) is 0 Å². The van der Waals surface area contributed by atoms with Crippen molar-refractivity contribution in [1.82, 2.24) is 0 Å². The van der Waals surface area contributed by atoms with Gasteiger partial charge in [-0.1, -0.05) is 0 Å². The highest BCUT2D eigenvalue weighted by atomic mass is 16.6. The van der Waals surface area contributed by atoms with E-state index in [9.17, 15) is 0 Å². The lowest BCUT2D eigenvalue weighted by molar-refractivity contribution is -0.0773. The highest BCUT2D eigenvalue weighted by Gasteiger charge is 2.23. The molecule has 2 fully saturated rings. The molecule has 4 unspecified atom stereocenters. The van der Waals surface area contributed by atoms with E-state index in [1.54, 1.807) is 0 Å². The number of ether oxygens (including phenoxy) is 4. The summed E-state index contributed by atoms with van der Waals surface area (Å²) < 4.78 is 19.9. The van der Waals surface area contributed by atoms with Crippen LogP contribution in [0.4, 0.5) is 0 Å². The van der Waals surface area contributed by atoms with E-state index in [1.807, 2.05) is 0 Å². The molecule has 2 aliphatic rings. The number of aliphatic hydroxyl groups is 8. The summed E-state index contributed by atoms with van der Waals surface area (Å²) in [4.78, 5) is 0. The zero-order valence-electron chi connectivity index (χ0n) is 16.0. The Kier molecular flexibility index (Phi) is 24.2. The van der Waals surface area contributed by atoms with Crippen LogP contribution in [-0.2, 0) is 18.9 Å². The first-order chi connectivity index (χ1) is 13.5. The molecule has 0 aromatic heterocycles. The van der Waals surface area contributed by atoms with Gasteiger partial charge in [0.2, 0.25) is 0 Å². The quantitative estimate of drug-likeness (QED) is 0.141. The van der Waals surface area contributed by atoms with Crippen molar-refractivity contribution < 1.29 is 59.8 Å². The highest BCUT2D eigenvalue weighted by molar-refractivity contribution is 4.68. The van der Waals surface area contributed by atoms with E-state index in [1.165, 1.54) is 0 Å². The first-order valence-electron chi connectivity index (χ1n) is 8.89. The minimum Gasteiger partial charge on any atom is -0.394 e. The van der Waals surface area contributed by atoms with Crippen LogP contribution in [0.2, 0.25) is 0 Å². The molecule has 0 aromatic carbocycles. The van der Waals surface area contributed by atoms with Gasteiger partial charge in [0.05, 0.1) is 79.3 Å². The molecule has 0 aromatic rings. The van der Waals surface area contributed by atoms with Crippen LogP contribution in [0.3, 0.4) is 0 Å². The summed E-state index contributed by atoms with van der Waals surface area (Å²) in [6, 6.07) is 0. The van der Waals surface area contributed by atoms with Gasteiger partial charge in [-0.2, -0.15) is 0 Å². The molecule has 0 aliphatic carbocycles. The van der Waals surface area contributed by atoms with Crippen LogP contribution in [0.5, 0.6) is 0 Å². The van der Waals surface area contributed by atoms with E-state index >= 15 is 0 Å². The first kappa shape index (κ1) is 29.7. The average Bonchev–Trinajstić information content (AvgIpc) is 3.65. The highest BCUT2D eigenvalue weighted by Crippen LogP contribution is 2.09. The average molecular weight is 420 g/mol. The first-order valence-corrected chi connectivity index (χ1v) is 8.89. The molecular weight excluding hydrogens is 384 g/mol. The molecule has 2 heterocycles. The summed E-state index contributed by atoms with van der Waals surface area (Å²) in [6.07, 6.45) is -1.00. The van der Waals surface area contributed by atoms with E-state index in [4.69, 9.17) is 55.1 Å². The van der Waals surface area contributed by atoms with Gasteiger partial charge in [0.15, 0.2) is 0 Å². The Morgan fingerprint density at radius 3 is 1.54 bits per heavy atom. The van der Waals surface area contributed by atoms with Crippen LogP contribution in [0.25, 0.3) is 0 Å². The van der Waals surface area contributed by atoms with Crippen LogP contribution in [0, 0.1) is 0 Å². The maximum absolute atomic E-state index is 9.01. The van der Waals surface area contributed by atoms with E-state index in [-0.39, 0.29) is 71.7 Å². The van der Waals surface area contributed by atoms with Crippen LogP contribution in [0.15, 0.2) is 0 Å². The summed E-state index contributed by atoms with van der Waals surface area (Å²) in [7, 11) is 0. The molecule has 172 valence electrons. The fourth-order valence-corrected chi connectivity index (χ4v) is 1.12. The van der Waals surface area contributed by atoms with Gasteiger partial charge in [0.1, 0.15) is 24.4 Å². The third kappa shape index (κ3) is 25.5. The van der Waals surface area contributed by atoms with Gasteiger partial charge in [-0.15, -0.1) is 0 Å². The van der Waals surface area contributed by atoms with E-state index < -0.39 is 12.2 Å². The Morgan fingerprint density at radius 2 is 1.25 bits per heavy atom. The zero-order valence-corrected chi connectivity index (χ0v) is 16.0. The molecule has 2 saturated heterocycles. The van der Waals surface area contributed by atoms with E-state index in [0.29, 0.717) is 6.61 Å². The van der Waals surface area contributed by atoms with Crippen LogP contribution in [0.1, 0.15) is 0 Å². The van der Waals surface area contributed by atoms with Gasteiger partial charge in [0.25, 0.3) is 0 Å². The molecule has 0 saturated carbocycles. The summed E-state index contributed by atoms with van der Waals surface area (Å²) >= 11 is 0. The fourth-order valence-electron chi connectivity index (χ4n) is 1.12. The third-order valence-corrected chi connectivity index (χ3v) is 2.75. The normalized spacial score (nSPS) is 21.0. The lowest BCUT2D eigenvalue weighted by Gasteiger charge is -2.17. The standard InChI is InChI=1S/C9H18O6.C3H6O2.2C2H6O2/c10-1-7(12)3-14-8(2-11)4-13-5-9-6-15-9;4-1-3-2-5-3;2*3-1-2-4/h7-12H,1-6H2;3-4H,1-2H2;2*3-4H,1-2H2. The van der Waals surface area contributed by atoms with Crippen LogP contribution >= 0.6 is 0 Å². The van der Waals surface area contributed by atoms with Crippen molar-refractivity contribution in [3.8, 4) is 0 Å². The lowest BCUT2D eigenvalue weighted by atomic mass is 10.3. The molecule has 2 aliphatic heterocycles. The zero-order chi connectivity index (χ0) is 21.6. The summed E-state index contributed by atoms with van der Waals surface area (Å²) in [5.74, 6) is 0. The molecule has 12 nitrogen and oxygen atoms in total. The van der Waals surface area contributed by atoms with Gasteiger partial charge in [-0.3, -0.25) is 0 Å². The van der Waals surface area contributed by atoms with Gasteiger partial charge in [-0.05, 0) is 0 Å². The van der Waals surface area contributed by atoms with Gasteiger partial charge in [0, 0.05) is 0 Å². The maximum Gasteiger partial charge on any atom is 0.104 e. The molecule has 2 rings (SSSR count). The van der Waals surface area contributed by atoms with Crippen molar-refractivity contribution in [2.24, 2.45) is 0 Å². The van der Waals surface area contributed by atoms with Crippen molar-refractivity contribution >= 4 is 0 Å². The largest absolute Gasteiger partial charge is 0.394 e. The minimum atomic E-state index is -0.911. The molecular formula is C16H36O12. The second-order valence-electron chi connectivity index (χ2n) is 5.50. The fraction of sp³-hybridized carbons (Fsp3) is 1.00. The van der Waals surface area contributed by atoms with Gasteiger partial charge >= 0.3 is 0 Å². The predicted molar refractivity (Wildman–Crippen MR) is 95.6 cm³/mol. The molecule has 8 N–H and O–H groups in total. The summed E-state index contributed by atoms with van der Waals surface area (Å²) in [5.41, 5.74) is 0. The Bertz CT molecular complexity index is 281. The Labute approximate surface area is 164 Å². The topological polar surface area (TPSA) is 205 Å². The maximum atomic E-state index is 9.01. The lowest BCUT2D eigenvalue weighted by Crippen LogP contribution is -2.30. The molecule has 12 heteroatoms. The number of rotatable bonds is 12. The molecule has 0 bridgehead atoms. The Hall–Kier alpha value is -0.480. The van der Waals surface area contributed by atoms with Crippen molar-refractivity contribution in [1.29, 1.82) is 0 Å². The van der Waals surface area contributed by atoms with Crippen LogP contribution in [-0.4, -0.2) is 145 Å². The van der Waals surface area contributed by atoms with Crippen molar-refractivity contribution in [3.05, 3.63) is 0 Å². The third-order valence-electron chi connectivity index (χ3n) is 2.75. The number of epoxide rings is 2. The van der Waals surface area contributed by atoms with Gasteiger partial charge < -0.3 is 59.8 Å². The smallest absolute Gasteiger partial charge is 0.104 e. The van der Waals surface area contributed by atoms with Gasteiger partial charge in [-0.25, -0.2) is 0 Å². The molecule has 0 amide bonds. The minimum absolute atomic E-state index is 0.00891. The van der Waals surface area contributed by atoms with E-state index in [0.717, 1.165) is 13.2 Å². The van der Waals surface area contributed by atoms with Crippen molar-refractivity contribution in [2.75, 3.05) is 79.3 Å². The number of hydrogen-bond acceptors (Lipinski definition) is 12. The number of aliphatic hydroxyl groups excluding tert-OH is 8. The number of hydrogen-bond donors (Lipinski definition) is 8. The predicted octanol–water partition coefficient (Wildman–Crippen LogP) is -4.55. The van der Waals surface area contributed by atoms with Crippen LogP contribution < -0.4 is 0 Å². The molecule has 0 radical (unpaired) electrons. The second-order valence-corrected chi connectivity index (χ2v) is 5.50. The second kappa shape index (κ2) is 22.8. The summed E-state index contributed by atoms with van der Waals surface area (Å²) in [5, 5.41) is 65.0.